The number of benzene rings is 9. The van der Waals surface area contributed by atoms with Gasteiger partial charge in [-0.15, -0.1) is 0 Å². The smallest absolute Gasteiger partial charge is 0.0541 e. The third-order valence-electron chi connectivity index (χ3n) is 14.0. The summed E-state index contributed by atoms with van der Waals surface area (Å²) in [6.07, 6.45) is 0. The van der Waals surface area contributed by atoms with E-state index >= 15 is 0 Å². The number of para-hydroxylation sites is 2. The summed E-state index contributed by atoms with van der Waals surface area (Å²) in [5.41, 5.74) is 22.6. The number of hydrogen-bond donors (Lipinski definition) is 0. The maximum absolute atomic E-state index is 2.42. The Morgan fingerprint density at radius 1 is 0.323 bits per heavy atom. The summed E-state index contributed by atoms with van der Waals surface area (Å²) >= 11 is 0. The van der Waals surface area contributed by atoms with Crippen molar-refractivity contribution in [3.8, 4) is 50.2 Å². The molecule has 0 atom stereocenters. The highest BCUT2D eigenvalue weighted by molar-refractivity contribution is 6.10. The van der Waals surface area contributed by atoms with E-state index in [1.54, 1.807) is 0 Å². The van der Waals surface area contributed by atoms with Gasteiger partial charge in [-0.05, 0) is 140 Å². The fourth-order valence-electron chi connectivity index (χ4n) is 10.8. The Balaban J connectivity index is 0.946. The highest BCUT2D eigenvalue weighted by Crippen LogP contribution is 2.52. The predicted octanol–water partition coefficient (Wildman–Crippen LogP) is 16.2. The van der Waals surface area contributed by atoms with E-state index in [4.69, 9.17) is 0 Å². The van der Waals surface area contributed by atoms with E-state index in [-0.39, 0.29) is 10.8 Å². The largest absolute Gasteiger partial charge is 0.310 e. The molecule has 296 valence electrons. The maximum Gasteiger partial charge on any atom is 0.0541 e. The van der Waals surface area contributed by atoms with Crippen molar-refractivity contribution in [3.05, 3.63) is 229 Å². The quantitative estimate of drug-likeness (QED) is 0.163. The van der Waals surface area contributed by atoms with E-state index in [9.17, 15) is 0 Å². The molecule has 0 radical (unpaired) electrons. The number of fused-ring (bicyclic) bond motifs is 9. The topological polar surface area (TPSA) is 8.17 Å². The van der Waals surface area contributed by atoms with Crippen LogP contribution in [0, 0.1) is 0 Å². The first-order valence-electron chi connectivity index (χ1n) is 21.8. The molecule has 0 spiro atoms. The summed E-state index contributed by atoms with van der Waals surface area (Å²) in [5.74, 6) is 0. The minimum absolute atomic E-state index is 0.00824. The van der Waals surface area contributed by atoms with Crippen LogP contribution in [0.15, 0.2) is 206 Å². The molecule has 2 aliphatic rings. The molecule has 0 saturated heterocycles. The van der Waals surface area contributed by atoms with E-state index in [0.717, 1.165) is 17.1 Å². The first-order chi connectivity index (χ1) is 30.3. The highest BCUT2D eigenvalue weighted by Gasteiger charge is 2.37. The minimum Gasteiger partial charge on any atom is -0.310 e. The molecule has 0 N–H and O–H groups in total. The summed E-state index contributed by atoms with van der Waals surface area (Å²) < 4.78 is 2.38. The number of hydrogen-bond acceptors (Lipinski definition) is 1. The van der Waals surface area contributed by atoms with Crippen molar-refractivity contribution in [3.63, 3.8) is 0 Å². The Morgan fingerprint density at radius 2 is 0.806 bits per heavy atom. The second-order valence-corrected chi connectivity index (χ2v) is 18.2. The molecule has 0 bridgehead atoms. The lowest BCUT2D eigenvalue weighted by molar-refractivity contribution is 0.660. The maximum atomic E-state index is 2.42. The Bertz CT molecular complexity index is 3380. The molecule has 2 heteroatoms. The van der Waals surface area contributed by atoms with Crippen molar-refractivity contribution < 1.29 is 0 Å². The predicted molar refractivity (Wildman–Crippen MR) is 261 cm³/mol. The molecule has 2 nitrogen and oxygen atoms in total. The van der Waals surface area contributed by atoms with Gasteiger partial charge >= 0.3 is 0 Å². The summed E-state index contributed by atoms with van der Waals surface area (Å²) in [6.45, 7) is 9.41. The Labute approximate surface area is 364 Å². The Morgan fingerprint density at radius 3 is 1.50 bits per heavy atom. The third kappa shape index (κ3) is 5.43. The monoisotopic (exact) mass is 794 g/mol. The first kappa shape index (κ1) is 36.4. The first-order valence-corrected chi connectivity index (χ1v) is 21.8. The van der Waals surface area contributed by atoms with Crippen LogP contribution in [-0.2, 0) is 10.8 Å². The van der Waals surface area contributed by atoms with E-state index < -0.39 is 0 Å². The molecule has 0 amide bonds. The van der Waals surface area contributed by atoms with Gasteiger partial charge in [0.2, 0.25) is 0 Å². The van der Waals surface area contributed by atoms with Gasteiger partial charge in [0.25, 0.3) is 0 Å². The van der Waals surface area contributed by atoms with E-state index in [0.29, 0.717) is 0 Å². The van der Waals surface area contributed by atoms with Crippen molar-refractivity contribution in [2.45, 2.75) is 38.5 Å². The van der Waals surface area contributed by atoms with E-state index in [2.05, 4.69) is 243 Å². The lowest BCUT2D eigenvalue weighted by Gasteiger charge is -2.28. The van der Waals surface area contributed by atoms with E-state index in [1.807, 2.05) is 0 Å². The van der Waals surface area contributed by atoms with Crippen LogP contribution >= 0.6 is 0 Å². The van der Waals surface area contributed by atoms with Crippen LogP contribution in [0.25, 0.3) is 72.0 Å². The van der Waals surface area contributed by atoms with Crippen LogP contribution in [-0.4, -0.2) is 4.57 Å². The van der Waals surface area contributed by atoms with Crippen LogP contribution in [0.2, 0.25) is 0 Å². The molecule has 1 heterocycles. The zero-order chi connectivity index (χ0) is 41.7. The van der Waals surface area contributed by atoms with Gasteiger partial charge in [0.05, 0.1) is 11.0 Å². The van der Waals surface area contributed by atoms with Gasteiger partial charge < -0.3 is 9.47 Å². The zero-order valence-corrected chi connectivity index (χ0v) is 35.5. The normalized spacial score (nSPS) is 14.1. The van der Waals surface area contributed by atoms with Gasteiger partial charge in [0.15, 0.2) is 0 Å². The van der Waals surface area contributed by atoms with Crippen LogP contribution in [0.1, 0.15) is 49.9 Å². The number of anilines is 3. The van der Waals surface area contributed by atoms with Crippen LogP contribution in [0.5, 0.6) is 0 Å². The van der Waals surface area contributed by atoms with Gasteiger partial charge in [-0.3, -0.25) is 0 Å². The summed E-state index contributed by atoms with van der Waals surface area (Å²) in [7, 11) is 0. The molecule has 0 saturated carbocycles. The molecule has 0 unspecified atom stereocenters. The number of rotatable bonds is 6. The molecule has 2 aliphatic carbocycles. The van der Waals surface area contributed by atoms with Gasteiger partial charge in [0, 0.05) is 44.4 Å². The lowest BCUT2D eigenvalue weighted by Crippen LogP contribution is -2.16. The summed E-state index contributed by atoms with van der Waals surface area (Å²) in [5, 5.41) is 2.51. The fourth-order valence-corrected chi connectivity index (χ4v) is 10.8. The van der Waals surface area contributed by atoms with Crippen LogP contribution < -0.4 is 4.90 Å². The average Bonchev–Trinajstić information content (AvgIpc) is 3.86. The van der Waals surface area contributed by atoms with Crippen molar-refractivity contribution in [1.82, 2.24) is 4.57 Å². The van der Waals surface area contributed by atoms with E-state index in [1.165, 1.54) is 94.3 Å². The SMILES string of the molecule is CC1(C)c2ccccc2-c2cc(-c3ccc(N(c4ccc(-c5ccc6c(c5)c5ccccc5n6-c5ccccc5)cc4)c4ccc5c(c4)C(C)(C)c4ccccc4-5)cc3)ccc21. The van der Waals surface area contributed by atoms with Gasteiger partial charge in [0.1, 0.15) is 0 Å². The van der Waals surface area contributed by atoms with Crippen molar-refractivity contribution in [2.75, 3.05) is 4.90 Å². The summed E-state index contributed by atoms with van der Waals surface area (Å²) in [6, 6.07) is 76.5. The zero-order valence-electron chi connectivity index (χ0n) is 35.5. The second-order valence-electron chi connectivity index (χ2n) is 18.2. The second kappa shape index (κ2) is 13.5. The standard InChI is InChI=1S/C60H46N2/c1-59(2)54-20-12-9-17-48(54)51-36-41(26-34-55(51)59)39-22-28-44(29-23-39)61(46-32-33-49-47-16-8-11-19-53(47)60(3,4)56(49)38-46)45-30-24-40(25-31-45)42-27-35-58-52(37-42)50-18-10-13-21-57(50)62(58)43-14-6-5-7-15-43/h5-38H,1-4H3. The molecule has 10 aromatic rings. The van der Waals surface area contributed by atoms with Gasteiger partial charge in [-0.2, -0.15) is 0 Å². The third-order valence-corrected chi connectivity index (χ3v) is 14.0. The van der Waals surface area contributed by atoms with Gasteiger partial charge in [-0.1, -0.05) is 161 Å². The lowest BCUT2D eigenvalue weighted by atomic mass is 9.82. The molecular weight excluding hydrogens is 749 g/mol. The average molecular weight is 795 g/mol. The highest BCUT2D eigenvalue weighted by atomic mass is 15.1. The number of aromatic nitrogens is 1. The molecule has 1 aromatic heterocycles. The van der Waals surface area contributed by atoms with Crippen molar-refractivity contribution >= 4 is 38.9 Å². The molecule has 9 aromatic carbocycles. The fraction of sp³-hybridized carbons (Fsp3) is 0.100. The molecular formula is C60H46N2. The molecule has 12 rings (SSSR count). The molecule has 62 heavy (non-hydrogen) atoms. The Hall–Kier alpha value is -7.42. The minimum atomic E-state index is -0.107. The molecule has 0 aliphatic heterocycles. The summed E-state index contributed by atoms with van der Waals surface area (Å²) in [4.78, 5) is 2.42. The van der Waals surface area contributed by atoms with Crippen LogP contribution in [0.3, 0.4) is 0 Å². The Kier molecular flexibility index (Phi) is 7.96. The number of nitrogens with zero attached hydrogens (tertiary/aromatic N) is 2. The van der Waals surface area contributed by atoms with Crippen molar-refractivity contribution in [1.29, 1.82) is 0 Å². The van der Waals surface area contributed by atoms with Crippen molar-refractivity contribution in [2.24, 2.45) is 0 Å². The van der Waals surface area contributed by atoms with Crippen LogP contribution in [0.4, 0.5) is 17.1 Å². The van der Waals surface area contributed by atoms with Gasteiger partial charge in [-0.25, -0.2) is 0 Å². The molecule has 0 fully saturated rings.